The van der Waals surface area contributed by atoms with Gasteiger partial charge in [0, 0.05) is 6.42 Å². The van der Waals surface area contributed by atoms with E-state index in [-0.39, 0.29) is 18.0 Å². The van der Waals surface area contributed by atoms with Crippen LogP contribution in [0, 0.1) is 0 Å². The van der Waals surface area contributed by atoms with Crippen LogP contribution in [-0.4, -0.2) is 29.2 Å². The Hall–Kier alpha value is -1.81. The number of phenols is 1. The molecule has 1 unspecified atom stereocenters. The predicted molar refractivity (Wildman–Crippen MR) is 83.5 cm³/mol. The van der Waals surface area contributed by atoms with Crippen LogP contribution in [0.4, 0.5) is 0 Å². The van der Waals surface area contributed by atoms with Crippen LogP contribution >= 0.6 is 0 Å². The summed E-state index contributed by atoms with van der Waals surface area (Å²) in [6.07, 6.45) is 6.48. The highest BCUT2D eigenvalue weighted by Gasteiger charge is 2.08. The van der Waals surface area contributed by atoms with Crippen LogP contribution in [0.1, 0.15) is 44.6 Å². The molecule has 4 heteroatoms. The van der Waals surface area contributed by atoms with E-state index in [2.05, 4.69) is 6.92 Å². The van der Waals surface area contributed by atoms with Crippen molar-refractivity contribution in [1.29, 1.82) is 0 Å². The topological polar surface area (TPSA) is 66.8 Å². The van der Waals surface area contributed by atoms with E-state index in [4.69, 9.17) is 4.74 Å². The summed E-state index contributed by atoms with van der Waals surface area (Å²) in [5.41, 5.74) is 0.762. The molecule has 1 rings (SSSR count). The van der Waals surface area contributed by atoms with Crippen LogP contribution in [-0.2, 0) is 4.79 Å². The van der Waals surface area contributed by atoms with Gasteiger partial charge in [0.15, 0.2) is 17.3 Å². The number of benzene rings is 1. The van der Waals surface area contributed by atoms with Crippen molar-refractivity contribution < 1.29 is 19.7 Å². The highest BCUT2D eigenvalue weighted by atomic mass is 16.5. The van der Waals surface area contributed by atoms with Crippen molar-refractivity contribution in [3.05, 3.63) is 29.8 Å². The van der Waals surface area contributed by atoms with Gasteiger partial charge in [-0.15, -0.1) is 0 Å². The maximum Gasteiger partial charge on any atom is 0.161 e. The molecule has 1 aromatic carbocycles. The fourth-order valence-electron chi connectivity index (χ4n) is 2.02. The van der Waals surface area contributed by atoms with Crippen molar-refractivity contribution in [2.75, 3.05) is 7.11 Å². The number of carbonyl (C=O) groups excluding carboxylic acids is 1. The van der Waals surface area contributed by atoms with E-state index in [0.717, 1.165) is 24.8 Å². The lowest BCUT2D eigenvalue weighted by Crippen LogP contribution is -2.11. The van der Waals surface area contributed by atoms with Gasteiger partial charge < -0.3 is 14.9 Å². The van der Waals surface area contributed by atoms with Crippen LogP contribution in [0.25, 0.3) is 6.08 Å². The molecule has 2 N–H and O–H groups in total. The van der Waals surface area contributed by atoms with Gasteiger partial charge in [0.1, 0.15) is 0 Å². The van der Waals surface area contributed by atoms with Gasteiger partial charge in [0.2, 0.25) is 0 Å². The molecule has 0 aromatic heterocycles. The summed E-state index contributed by atoms with van der Waals surface area (Å²) in [6, 6.07) is 4.86. The van der Waals surface area contributed by atoms with Crippen LogP contribution < -0.4 is 4.74 Å². The molecule has 4 nitrogen and oxygen atoms in total. The Morgan fingerprint density at radius 3 is 2.81 bits per heavy atom. The second-order valence-electron chi connectivity index (χ2n) is 5.08. The molecule has 0 fully saturated rings. The van der Waals surface area contributed by atoms with Crippen molar-refractivity contribution in [1.82, 2.24) is 0 Å². The Bertz CT molecular complexity index is 480. The normalized spacial score (nSPS) is 12.5. The molecule has 1 atom stereocenters. The molecule has 116 valence electrons. The number of phenolic OH excluding ortho intramolecular Hbond substituents is 1. The molecule has 0 saturated heterocycles. The van der Waals surface area contributed by atoms with E-state index in [1.807, 2.05) is 0 Å². The number of aromatic hydroxyl groups is 1. The highest BCUT2D eigenvalue weighted by Crippen LogP contribution is 2.26. The third-order valence-electron chi connectivity index (χ3n) is 3.24. The van der Waals surface area contributed by atoms with Crippen molar-refractivity contribution in [3.8, 4) is 11.5 Å². The lowest BCUT2D eigenvalue weighted by atomic mass is 10.0. The quantitative estimate of drug-likeness (QED) is 0.541. The van der Waals surface area contributed by atoms with Gasteiger partial charge in [0.25, 0.3) is 0 Å². The molecule has 0 bridgehead atoms. The summed E-state index contributed by atoms with van der Waals surface area (Å²) < 4.78 is 5.00. The van der Waals surface area contributed by atoms with Crippen molar-refractivity contribution in [2.45, 2.75) is 45.1 Å². The monoisotopic (exact) mass is 292 g/mol. The maximum atomic E-state index is 11.8. The van der Waals surface area contributed by atoms with Gasteiger partial charge in [-0.05, 0) is 30.2 Å². The Balaban J connectivity index is 2.50. The van der Waals surface area contributed by atoms with Gasteiger partial charge >= 0.3 is 0 Å². The van der Waals surface area contributed by atoms with Crippen LogP contribution in [0.2, 0.25) is 0 Å². The first kappa shape index (κ1) is 17.2. The molecule has 0 aliphatic heterocycles. The SMILES string of the molecule is CCCCCC(O)CC(=O)C=Cc1ccc(O)c(OC)c1. The Morgan fingerprint density at radius 1 is 1.38 bits per heavy atom. The summed E-state index contributed by atoms with van der Waals surface area (Å²) >= 11 is 0. The number of hydrogen-bond donors (Lipinski definition) is 2. The average Bonchev–Trinajstić information content (AvgIpc) is 2.46. The minimum absolute atomic E-state index is 0.0623. The molecule has 21 heavy (non-hydrogen) atoms. The molecule has 0 aliphatic carbocycles. The minimum Gasteiger partial charge on any atom is -0.504 e. The van der Waals surface area contributed by atoms with Crippen LogP contribution in [0.3, 0.4) is 0 Å². The third kappa shape index (κ3) is 6.45. The smallest absolute Gasteiger partial charge is 0.161 e. The van der Waals surface area contributed by atoms with Crippen molar-refractivity contribution in [3.63, 3.8) is 0 Å². The molecule has 0 radical (unpaired) electrons. The van der Waals surface area contributed by atoms with E-state index < -0.39 is 6.10 Å². The van der Waals surface area contributed by atoms with Crippen molar-refractivity contribution >= 4 is 11.9 Å². The molecular weight excluding hydrogens is 268 g/mol. The molecule has 0 saturated carbocycles. The lowest BCUT2D eigenvalue weighted by Gasteiger charge is -2.07. The van der Waals surface area contributed by atoms with Gasteiger partial charge in [-0.2, -0.15) is 0 Å². The standard InChI is InChI=1S/C17H24O4/c1-3-4-5-6-14(18)12-15(19)9-7-13-8-10-16(20)17(11-13)21-2/h7-11,14,18,20H,3-6,12H2,1-2H3. The zero-order valence-electron chi connectivity index (χ0n) is 12.7. The number of ether oxygens (including phenoxy) is 1. The number of ketones is 1. The van der Waals surface area contributed by atoms with E-state index in [1.54, 1.807) is 18.2 Å². The Labute approximate surface area is 126 Å². The number of methoxy groups -OCH3 is 1. The fourth-order valence-corrected chi connectivity index (χ4v) is 2.02. The zero-order valence-corrected chi connectivity index (χ0v) is 12.7. The number of aliphatic hydroxyl groups is 1. The number of carbonyl (C=O) groups is 1. The average molecular weight is 292 g/mol. The highest BCUT2D eigenvalue weighted by molar-refractivity contribution is 5.93. The first-order valence-electron chi connectivity index (χ1n) is 7.32. The van der Waals surface area contributed by atoms with Crippen molar-refractivity contribution in [2.24, 2.45) is 0 Å². The Kier molecular flexibility index (Phi) is 7.54. The predicted octanol–water partition coefficient (Wildman–Crippen LogP) is 3.31. The first-order valence-corrected chi connectivity index (χ1v) is 7.32. The zero-order chi connectivity index (χ0) is 15.7. The summed E-state index contributed by atoms with van der Waals surface area (Å²) in [4.78, 5) is 11.8. The molecule has 0 amide bonds. The summed E-state index contributed by atoms with van der Waals surface area (Å²) in [6.45, 7) is 2.10. The van der Waals surface area contributed by atoms with E-state index in [9.17, 15) is 15.0 Å². The van der Waals surface area contributed by atoms with Gasteiger partial charge in [-0.3, -0.25) is 4.79 Å². The summed E-state index contributed by atoms with van der Waals surface area (Å²) in [5, 5.41) is 19.2. The number of unbranched alkanes of at least 4 members (excludes halogenated alkanes) is 2. The van der Waals surface area contributed by atoms with Crippen LogP contribution in [0.5, 0.6) is 11.5 Å². The van der Waals surface area contributed by atoms with Gasteiger partial charge in [0.05, 0.1) is 13.2 Å². The third-order valence-corrected chi connectivity index (χ3v) is 3.24. The number of allylic oxidation sites excluding steroid dienone is 1. The minimum atomic E-state index is -0.567. The molecule has 0 heterocycles. The largest absolute Gasteiger partial charge is 0.504 e. The number of aliphatic hydroxyl groups excluding tert-OH is 1. The fraction of sp³-hybridized carbons (Fsp3) is 0.471. The van der Waals surface area contributed by atoms with Gasteiger partial charge in [-0.25, -0.2) is 0 Å². The molecule has 0 spiro atoms. The Morgan fingerprint density at radius 2 is 2.14 bits per heavy atom. The second kappa shape index (κ2) is 9.19. The van der Waals surface area contributed by atoms with Gasteiger partial charge in [-0.1, -0.05) is 38.3 Å². The molecular formula is C17H24O4. The second-order valence-corrected chi connectivity index (χ2v) is 5.08. The number of rotatable bonds is 9. The summed E-state index contributed by atoms with van der Waals surface area (Å²) in [7, 11) is 1.47. The maximum absolute atomic E-state index is 11.8. The molecule has 1 aromatic rings. The van der Waals surface area contributed by atoms with Crippen LogP contribution in [0.15, 0.2) is 24.3 Å². The first-order chi connectivity index (χ1) is 10.1. The number of hydrogen-bond acceptors (Lipinski definition) is 4. The van der Waals surface area contributed by atoms with E-state index >= 15 is 0 Å². The van der Waals surface area contributed by atoms with E-state index in [1.165, 1.54) is 19.3 Å². The molecule has 0 aliphatic rings. The summed E-state index contributed by atoms with van der Waals surface area (Å²) in [5.74, 6) is 0.322. The van der Waals surface area contributed by atoms with E-state index in [0.29, 0.717) is 12.2 Å². The lowest BCUT2D eigenvalue weighted by molar-refractivity contribution is -0.116.